The van der Waals surface area contributed by atoms with Gasteiger partial charge >= 0.3 is 0 Å². The molecule has 2 aliphatic heterocycles. The Hall–Kier alpha value is -2.08. The SMILES string of the molecule is C[C@@](O)(C(=O)N1CCC(N2CC(Nc3ccc(C(=O)NS(C)(=O)=O)c(Cl)c3)C2)CC1)c1cc(Cl)ccc1Cl. The van der Waals surface area contributed by atoms with Crippen molar-refractivity contribution < 1.29 is 23.1 Å². The molecule has 3 N–H and O–H groups in total. The molecule has 206 valence electrons. The molecule has 0 aromatic heterocycles. The van der Waals surface area contributed by atoms with Crippen LogP contribution in [0, 0.1) is 0 Å². The molecule has 1 atom stereocenters. The average molecular weight is 604 g/mol. The maximum atomic E-state index is 13.1. The molecule has 0 spiro atoms. The second kappa shape index (κ2) is 11.2. The molecule has 2 fully saturated rings. The fourth-order valence-corrected chi connectivity index (χ4v) is 6.06. The van der Waals surface area contributed by atoms with Crippen LogP contribution in [0.3, 0.4) is 0 Å². The molecule has 2 aromatic carbocycles. The van der Waals surface area contributed by atoms with Crippen LogP contribution < -0.4 is 10.0 Å². The first kappa shape index (κ1) is 28.9. The number of hydrogen-bond donors (Lipinski definition) is 3. The Morgan fingerprint density at radius 1 is 1.03 bits per heavy atom. The van der Waals surface area contributed by atoms with Gasteiger partial charge in [0.25, 0.3) is 11.8 Å². The van der Waals surface area contributed by atoms with Crippen molar-refractivity contribution in [2.75, 3.05) is 37.8 Å². The van der Waals surface area contributed by atoms with Crippen LogP contribution in [0.4, 0.5) is 5.69 Å². The summed E-state index contributed by atoms with van der Waals surface area (Å²) in [7, 11) is -3.68. The first-order valence-electron chi connectivity index (χ1n) is 12.0. The van der Waals surface area contributed by atoms with Crippen molar-refractivity contribution in [1.29, 1.82) is 0 Å². The van der Waals surface area contributed by atoms with Crippen LogP contribution in [0.15, 0.2) is 36.4 Å². The zero-order chi connectivity index (χ0) is 27.8. The number of carbonyl (C=O) groups excluding carboxylic acids is 2. The number of nitrogens with zero attached hydrogens (tertiary/aromatic N) is 2. The van der Waals surface area contributed by atoms with E-state index in [-0.39, 0.29) is 21.7 Å². The van der Waals surface area contributed by atoms with E-state index < -0.39 is 27.4 Å². The average Bonchev–Trinajstić information content (AvgIpc) is 2.81. The van der Waals surface area contributed by atoms with Gasteiger partial charge < -0.3 is 15.3 Å². The van der Waals surface area contributed by atoms with Gasteiger partial charge in [0, 0.05) is 53.5 Å². The monoisotopic (exact) mass is 602 g/mol. The predicted molar refractivity (Wildman–Crippen MR) is 148 cm³/mol. The summed E-state index contributed by atoms with van der Waals surface area (Å²) < 4.78 is 24.5. The number of piperidine rings is 1. The molecule has 2 aliphatic rings. The number of carbonyl (C=O) groups is 2. The Bertz CT molecular complexity index is 1340. The third-order valence-corrected chi connectivity index (χ3v) is 8.34. The van der Waals surface area contributed by atoms with Gasteiger partial charge in [-0.3, -0.25) is 14.5 Å². The largest absolute Gasteiger partial charge is 0.380 e. The minimum absolute atomic E-state index is 0.0794. The molecule has 2 amide bonds. The van der Waals surface area contributed by atoms with Crippen LogP contribution in [0.1, 0.15) is 35.7 Å². The minimum atomic E-state index is -3.68. The predicted octanol–water partition coefficient (Wildman–Crippen LogP) is 3.33. The van der Waals surface area contributed by atoms with Crippen molar-refractivity contribution in [2.24, 2.45) is 0 Å². The van der Waals surface area contributed by atoms with Crippen molar-refractivity contribution in [1.82, 2.24) is 14.5 Å². The molecule has 13 heteroatoms. The lowest BCUT2D eigenvalue weighted by molar-refractivity contribution is -0.152. The number of anilines is 1. The maximum absolute atomic E-state index is 13.1. The van der Waals surface area contributed by atoms with Crippen molar-refractivity contribution in [3.05, 3.63) is 62.6 Å². The summed E-state index contributed by atoms with van der Waals surface area (Å²) in [6, 6.07) is 9.98. The van der Waals surface area contributed by atoms with Crippen LogP contribution in [-0.2, 0) is 20.4 Å². The smallest absolute Gasteiger partial charge is 0.266 e. The fourth-order valence-electron chi connectivity index (χ4n) is 4.88. The number of hydrogen-bond acceptors (Lipinski definition) is 7. The number of aliphatic hydroxyl groups is 1. The second-order valence-corrected chi connectivity index (χ2v) is 12.9. The van der Waals surface area contributed by atoms with E-state index >= 15 is 0 Å². The van der Waals surface area contributed by atoms with Gasteiger partial charge in [0.1, 0.15) is 0 Å². The number of nitrogens with one attached hydrogen (secondary N) is 2. The van der Waals surface area contributed by atoms with Crippen molar-refractivity contribution in [2.45, 2.75) is 37.5 Å². The lowest BCUT2D eigenvalue weighted by atomic mass is 9.92. The molecular formula is C25H29Cl3N4O5S. The molecule has 38 heavy (non-hydrogen) atoms. The van der Waals surface area contributed by atoms with Crippen molar-refractivity contribution >= 4 is 62.3 Å². The normalized spacial score (nSPS) is 18.9. The van der Waals surface area contributed by atoms with Gasteiger partial charge in [-0.1, -0.05) is 34.8 Å². The summed E-state index contributed by atoms with van der Waals surface area (Å²) in [5.41, 5.74) is -0.670. The van der Waals surface area contributed by atoms with Gasteiger partial charge in [-0.2, -0.15) is 0 Å². The summed E-state index contributed by atoms with van der Waals surface area (Å²) in [5.74, 6) is -1.17. The zero-order valence-electron chi connectivity index (χ0n) is 20.9. The quantitative estimate of drug-likeness (QED) is 0.444. The highest BCUT2D eigenvalue weighted by molar-refractivity contribution is 7.89. The molecule has 0 unspecified atom stereocenters. The zero-order valence-corrected chi connectivity index (χ0v) is 24.0. The van der Waals surface area contributed by atoms with Gasteiger partial charge in [0.2, 0.25) is 10.0 Å². The molecule has 2 saturated heterocycles. The number of sulfonamides is 1. The number of amides is 2. The molecule has 0 saturated carbocycles. The van der Waals surface area contributed by atoms with Crippen LogP contribution >= 0.6 is 34.8 Å². The van der Waals surface area contributed by atoms with Gasteiger partial charge in [-0.15, -0.1) is 0 Å². The topological polar surface area (TPSA) is 119 Å². The van der Waals surface area contributed by atoms with Crippen LogP contribution in [0.2, 0.25) is 15.1 Å². The van der Waals surface area contributed by atoms with Crippen molar-refractivity contribution in [3.8, 4) is 0 Å². The second-order valence-electron chi connectivity index (χ2n) is 9.91. The minimum Gasteiger partial charge on any atom is -0.380 e. The number of benzene rings is 2. The van der Waals surface area contributed by atoms with E-state index in [0.717, 1.165) is 37.9 Å². The van der Waals surface area contributed by atoms with Crippen LogP contribution in [-0.4, -0.2) is 79.7 Å². The molecule has 9 nitrogen and oxygen atoms in total. The van der Waals surface area contributed by atoms with E-state index in [0.29, 0.717) is 29.7 Å². The summed E-state index contributed by atoms with van der Waals surface area (Å²) in [4.78, 5) is 29.2. The fraction of sp³-hybridized carbons (Fsp3) is 0.440. The van der Waals surface area contributed by atoms with Crippen molar-refractivity contribution in [3.63, 3.8) is 0 Å². The maximum Gasteiger partial charge on any atom is 0.266 e. The first-order valence-corrected chi connectivity index (χ1v) is 15.1. The molecule has 0 bridgehead atoms. The molecule has 4 rings (SSSR count). The van der Waals surface area contributed by atoms with Gasteiger partial charge in [0.05, 0.1) is 22.9 Å². The standard InChI is InChI=1S/C25H29Cl3N4O5S/c1-25(35,20-11-15(26)3-6-21(20)27)24(34)31-9-7-18(8-10-31)32-13-17(14-32)29-16-4-5-19(22(28)12-16)23(33)30-38(2,36)37/h3-6,11-12,17-18,29,35H,7-10,13-14H2,1-2H3,(H,30,33)/t25-/m0/s1. The highest BCUT2D eigenvalue weighted by Crippen LogP contribution is 2.33. The summed E-state index contributed by atoms with van der Waals surface area (Å²) in [5, 5.41) is 15.2. The Balaban J connectivity index is 1.27. The van der Waals surface area contributed by atoms with Gasteiger partial charge in [0.15, 0.2) is 5.60 Å². The van der Waals surface area contributed by atoms with Crippen LogP contribution in [0.25, 0.3) is 0 Å². The third-order valence-electron chi connectivity index (χ3n) is 6.91. The summed E-state index contributed by atoms with van der Waals surface area (Å²) >= 11 is 18.5. The van der Waals surface area contributed by atoms with Gasteiger partial charge in [-0.25, -0.2) is 13.1 Å². The molecule has 0 radical (unpaired) electrons. The number of rotatable bonds is 7. The van der Waals surface area contributed by atoms with E-state index in [1.165, 1.54) is 19.1 Å². The number of likely N-dealkylation sites (tertiary alicyclic amines) is 2. The number of halogens is 3. The molecule has 0 aliphatic carbocycles. The Morgan fingerprint density at radius 3 is 2.29 bits per heavy atom. The molecule has 2 heterocycles. The Morgan fingerprint density at radius 2 is 1.68 bits per heavy atom. The summed E-state index contributed by atoms with van der Waals surface area (Å²) in [6.45, 7) is 4.12. The third kappa shape index (κ3) is 6.55. The highest BCUT2D eigenvalue weighted by atomic mass is 35.5. The van der Waals surface area contributed by atoms with Crippen LogP contribution in [0.5, 0.6) is 0 Å². The van der Waals surface area contributed by atoms with E-state index in [4.69, 9.17) is 34.8 Å². The van der Waals surface area contributed by atoms with E-state index in [2.05, 4.69) is 10.2 Å². The lowest BCUT2D eigenvalue weighted by Gasteiger charge is -2.48. The molecular weight excluding hydrogens is 575 g/mol. The Kier molecular flexibility index (Phi) is 8.52. The first-order chi connectivity index (χ1) is 17.7. The van der Waals surface area contributed by atoms with E-state index in [9.17, 15) is 23.1 Å². The lowest BCUT2D eigenvalue weighted by Crippen LogP contribution is -2.61. The molecule has 2 aromatic rings. The van der Waals surface area contributed by atoms with E-state index in [1.807, 2.05) is 4.72 Å². The highest BCUT2D eigenvalue weighted by Gasteiger charge is 2.41. The Labute approximate surface area is 237 Å². The van der Waals surface area contributed by atoms with E-state index in [1.54, 1.807) is 29.2 Å². The summed E-state index contributed by atoms with van der Waals surface area (Å²) in [6.07, 6.45) is 2.47. The van der Waals surface area contributed by atoms with Gasteiger partial charge in [-0.05, 0) is 56.2 Å².